The van der Waals surface area contributed by atoms with Crippen molar-refractivity contribution in [2.75, 3.05) is 0 Å². The van der Waals surface area contributed by atoms with Crippen LogP contribution in [-0.2, 0) is 4.79 Å². The molecule has 0 aromatic rings. The van der Waals surface area contributed by atoms with Gasteiger partial charge in [-0.3, -0.25) is 0 Å². The average molecular weight is 304 g/mol. The molecule has 0 radical (unpaired) electrons. The number of rotatable bonds is 15. The summed E-state index contributed by atoms with van der Waals surface area (Å²) in [6.07, 6.45) is 20.9. The molecule has 0 N–H and O–H groups in total. The molecule has 0 rings (SSSR count). The fraction of sp³-hybridized carbons (Fsp3) is 0.833. The summed E-state index contributed by atoms with van der Waals surface area (Å²) >= 11 is 0. The molecule has 118 valence electrons. The summed E-state index contributed by atoms with van der Waals surface area (Å²) in [6.45, 7) is 2.25. The van der Waals surface area contributed by atoms with Crippen molar-refractivity contribution in [2.24, 2.45) is 0 Å². The van der Waals surface area contributed by atoms with Gasteiger partial charge in [-0.1, -0.05) is 70.4 Å². The van der Waals surface area contributed by atoms with E-state index < -0.39 is 5.97 Å². The van der Waals surface area contributed by atoms with Gasteiger partial charge in [-0.25, -0.2) is 0 Å². The molecule has 0 amide bonds. The van der Waals surface area contributed by atoms with Crippen LogP contribution in [0.25, 0.3) is 0 Å². The maximum Gasteiger partial charge on any atom is 1.00 e. The topological polar surface area (TPSA) is 40.1 Å². The SMILES string of the molecule is CCCCCC/C=C/CCCCCCCCCC(=O)[O-].[Na+]. The van der Waals surface area contributed by atoms with E-state index in [1.165, 1.54) is 70.6 Å². The molecule has 0 aromatic carbocycles. The van der Waals surface area contributed by atoms with E-state index in [1.807, 2.05) is 0 Å². The van der Waals surface area contributed by atoms with E-state index in [2.05, 4.69) is 19.1 Å². The molecule has 0 aliphatic rings. The van der Waals surface area contributed by atoms with E-state index in [0.717, 1.165) is 12.8 Å². The first-order chi connectivity index (χ1) is 9.77. The van der Waals surface area contributed by atoms with Crippen LogP contribution in [0.2, 0.25) is 0 Å². The van der Waals surface area contributed by atoms with Crippen LogP contribution < -0.4 is 34.7 Å². The van der Waals surface area contributed by atoms with Gasteiger partial charge in [-0.15, -0.1) is 0 Å². The van der Waals surface area contributed by atoms with E-state index in [4.69, 9.17) is 0 Å². The fourth-order valence-corrected chi connectivity index (χ4v) is 2.34. The zero-order valence-electron chi connectivity index (χ0n) is 14.4. The van der Waals surface area contributed by atoms with Crippen LogP contribution in [0.3, 0.4) is 0 Å². The molecule has 0 atom stereocenters. The Bertz CT molecular complexity index is 239. The Balaban J connectivity index is 0. The molecular formula is C18H33NaO2. The van der Waals surface area contributed by atoms with Crippen molar-refractivity contribution >= 4 is 5.97 Å². The maximum atomic E-state index is 10.2. The summed E-state index contributed by atoms with van der Waals surface area (Å²) in [6, 6.07) is 0. The van der Waals surface area contributed by atoms with Crippen molar-refractivity contribution in [3.05, 3.63) is 12.2 Å². The first-order valence-corrected chi connectivity index (χ1v) is 8.62. The van der Waals surface area contributed by atoms with E-state index in [1.54, 1.807) is 0 Å². The Morgan fingerprint density at radius 3 is 1.67 bits per heavy atom. The van der Waals surface area contributed by atoms with Crippen molar-refractivity contribution in [2.45, 2.75) is 96.8 Å². The van der Waals surface area contributed by atoms with Crippen molar-refractivity contribution in [3.8, 4) is 0 Å². The monoisotopic (exact) mass is 304 g/mol. The predicted molar refractivity (Wildman–Crippen MR) is 84.5 cm³/mol. The van der Waals surface area contributed by atoms with Gasteiger partial charge in [0.25, 0.3) is 0 Å². The van der Waals surface area contributed by atoms with Gasteiger partial charge in [0.2, 0.25) is 0 Å². The maximum absolute atomic E-state index is 10.2. The Hall–Kier alpha value is 0.210. The van der Waals surface area contributed by atoms with Crippen molar-refractivity contribution in [1.29, 1.82) is 0 Å². The second-order valence-electron chi connectivity index (χ2n) is 5.71. The second-order valence-corrected chi connectivity index (χ2v) is 5.71. The summed E-state index contributed by atoms with van der Waals surface area (Å²) in [4.78, 5) is 10.2. The van der Waals surface area contributed by atoms with Crippen LogP contribution in [-0.4, -0.2) is 5.97 Å². The number of carbonyl (C=O) groups is 1. The number of carbonyl (C=O) groups excluding carboxylic acids is 1. The number of hydrogen-bond acceptors (Lipinski definition) is 2. The number of unbranched alkanes of at least 4 members (excludes halogenated alkanes) is 11. The van der Waals surface area contributed by atoms with Crippen LogP contribution in [0.15, 0.2) is 12.2 Å². The minimum Gasteiger partial charge on any atom is -0.550 e. The fourth-order valence-electron chi connectivity index (χ4n) is 2.34. The van der Waals surface area contributed by atoms with Crippen molar-refractivity contribution < 1.29 is 39.5 Å². The third kappa shape index (κ3) is 22.6. The minimum atomic E-state index is -0.911. The molecule has 0 bridgehead atoms. The first kappa shape index (κ1) is 23.5. The van der Waals surface area contributed by atoms with E-state index in [9.17, 15) is 9.90 Å². The molecule has 0 aliphatic heterocycles. The number of carboxylic acid groups (broad SMARTS) is 1. The van der Waals surface area contributed by atoms with Gasteiger partial charge in [0.05, 0.1) is 0 Å². The van der Waals surface area contributed by atoms with Gasteiger partial charge < -0.3 is 9.90 Å². The third-order valence-electron chi connectivity index (χ3n) is 3.64. The van der Waals surface area contributed by atoms with Gasteiger partial charge in [-0.05, 0) is 38.5 Å². The van der Waals surface area contributed by atoms with Crippen LogP contribution >= 0.6 is 0 Å². The van der Waals surface area contributed by atoms with Gasteiger partial charge in [0.1, 0.15) is 0 Å². The van der Waals surface area contributed by atoms with Crippen LogP contribution in [0, 0.1) is 0 Å². The first-order valence-electron chi connectivity index (χ1n) is 8.62. The zero-order valence-corrected chi connectivity index (χ0v) is 16.4. The molecule has 0 fully saturated rings. The van der Waals surface area contributed by atoms with Gasteiger partial charge in [0.15, 0.2) is 0 Å². The molecule has 2 nitrogen and oxygen atoms in total. The minimum absolute atomic E-state index is 0. The standard InChI is InChI=1S/C18H34O2.Na/c1-2-3-4-5-6-7-8-9-10-11-12-13-14-15-16-17-18(19)20;/h7-8H,2-6,9-17H2,1H3,(H,19,20);/q;+1/p-1/b8-7+;. The molecule has 0 saturated heterocycles. The van der Waals surface area contributed by atoms with Crippen LogP contribution in [0.1, 0.15) is 96.8 Å². The number of hydrogen-bond donors (Lipinski definition) is 0. The van der Waals surface area contributed by atoms with Crippen LogP contribution in [0.5, 0.6) is 0 Å². The summed E-state index contributed by atoms with van der Waals surface area (Å²) in [5, 5.41) is 10.2. The van der Waals surface area contributed by atoms with E-state index >= 15 is 0 Å². The van der Waals surface area contributed by atoms with Crippen molar-refractivity contribution in [1.82, 2.24) is 0 Å². The predicted octanol–water partition coefficient (Wildman–Crippen LogP) is 1.78. The molecule has 3 heteroatoms. The molecule has 0 aliphatic carbocycles. The average Bonchev–Trinajstić information content (AvgIpc) is 2.43. The summed E-state index contributed by atoms with van der Waals surface area (Å²) in [5.74, 6) is -0.911. The van der Waals surface area contributed by atoms with Crippen LogP contribution in [0.4, 0.5) is 0 Å². The molecule has 0 heterocycles. The quantitative estimate of drug-likeness (QED) is 0.263. The summed E-state index contributed by atoms with van der Waals surface area (Å²) < 4.78 is 0. The molecule has 21 heavy (non-hydrogen) atoms. The Morgan fingerprint density at radius 2 is 1.19 bits per heavy atom. The second kappa shape index (κ2) is 20.2. The molecule has 0 aromatic heterocycles. The van der Waals surface area contributed by atoms with E-state index in [-0.39, 0.29) is 36.0 Å². The Kier molecular flexibility index (Phi) is 22.6. The number of carboxylic acids is 1. The normalized spacial score (nSPS) is 10.7. The third-order valence-corrected chi connectivity index (χ3v) is 3.64. The smallest absolute Gasteiger partial charge is 0.550 e. The molecule has 0 unspecified atom stereocenters. The molecular weight excluding hydrogens is 271 g/mol. The largest absolute Gasteiger partial charge is 1.00 e. The Morgan fingerprint density at radius 1 is 0.762 bits per heavy atom. The zero-order chi connectivity index (χ0) is 14.9. The molecule has 0 saturated carbocycles. The molecule has 0 spiro atoms. The summed E-state index contributed by atoms with van der Waals surface area (Å²) in [5.41, 5.74) is 0. The number of allylic oxidation sites excluding steroid dienone is 2. The van der Waals surface area contributed by atoms with Gasteiger partial charge in [-0.2, -0.15) is 0 Å². The van der Waals surface area contributed by atoms with Gasteiger partial charge >= 0.3 is 29.6 Å². The van der Waals surface area contributed by atoms with Crippen molar-refractivity contribution in [3.63, 3.8) is 0 Å². The summed E-state index contributed by atoms with van der Waals surface area (Å²) in [7, 11) is 0. The Labute approximate surface area is 154 Å². The van der Waals surface area contributed by atoms with Gasteiger partial charge in [0, 0.05) is 5.97 Å². The van der Waals surface area contributed by atoms with E-state index in [0.29, 0.717) is 0 Å². The number of aliphatic carboxylic acids is 1.